The fraction of sp³-hybridized carbons (Fsp3) is 0.462. The standard InChI is InChI=1S/C13H16N2O4/c1-6-10-8(4-3-5-9(10)16)15-11(6)12(17)14-7(2)13(18)19/h7,15H,3-5H2,1-2H3,(H,14,17)(H,18,19). The lowest BCUT2D eigenvalue weighted by Gasteiger charge is -2.09. The third kappa shape index (κ3) is 2.38. The quantitative estimate of drug-likeness (QED) is 0.759. The average molecular weight is 264 g/mol. The summed E-state index contributed by atoms with van der Waals surface area (Å²) < 4.78 is 0. The molecule has 3 N–H and O–H groups in total. The van der Waals surface area contributed by atoms with Crippen LogP contribution >= 0.6 is 0 Å². The van der Waals surface area contributed by atoms with Crippen LogP contribution in [0.1, 0.15) is 51.9 Å². The Morgan fingerprint density at radius 1 is 1.37 bits per heavy atom. The Morgan fingerprint density at radius 3 is 2.63 bits per heavy atom. The van der Waals surface area contributed by atoms with E-state index in [4.69, 9.17) is 5.11 Å². The number of carbonyl (C=O) groups is 3. The third-order valence-corrected chi connectivity index (χ3v) is 3.38. The van der Waals surface area contributed by atoms with Gasteiger partial charge in [-0.25, -0.2) is 0 Å². The number of ketones is 1. The van der Waals surface area contributed by atoms with E-state index in [1.807, 2.05) is 0 Å². The van der Waals surface area contributed by atoms with Crippen LogP contribution in [0.15, 0.2) is 0 Å². The van der Waals surface area contributed by atoms with Crippen molar-refractivity contribution in [2.24, 2.45) is 0 Å². The Balaban J connectivity index is 2.29. The van der Waals surface area contributed by atoms with E-state index < -0.39 is 17.9 Å². The molecular weight excluding hydrogens is 248 g/mol. The second kappa shape index (κ2) is 4.87. The zero-order chi connectivity index (χ0) is 14.2. The summed E-state index contributed by atoms with van der Waals surface area (Å²) in [6, 6.07) is -0.970. The van der Waals surface area contributed by atoms with Gasteiger partial charge in [0.25, 0.3) is 5.91 Å². The van der Waals surface area contributed by atoms with Gasteiger partial charge in [-0.05, 0) is 32.3 Å². The average Bonchev–Trinajstić information content (AvgIpc) is 2.68. The molecule has 19 heavy (non-hydrogen) atoms. The molecule has 1 amide bonds. The van der Waals surface area contributed by atoms with Crippen molar-refractivity contribution in [1.29, 1.82) is 0 Å². The fourth-order valence-electron chi connectivity index (χ4n) is 2.33. The lowest BCUT2D eigenvalue weighted by Crippen LogP contribution is -2.38. The number of aryl methyl sites for hydroxylation is 1. The number of aliphatic carboxylic acids is 1. The molecule has 0 saturated carbocycles. The highest BCUT2D eigenvalue weighted by atomic mass is 16.4. The second-order valence-corrected chi connectivity index (χ2v) is 4.79. The normalized spacial score (nSPS) is 15.8. The Labute approximate surface area is 110 Å². The number of H-pyrrole nitrogens is 1. The molecule has 1 aromatic rings. The minimum Gasteiger partial charge on any atom is -0.480 e. The van der Waals surface area contributed by atoms with E-state index in [2.05, 4.69) is 10.3 Å². The highest BCUT2D eigenvalue weighted by Crippen LogP contribution is 2.26. The summed E-state index contributed by atoms with van der Waals surface area (Å²) in [6.45, 7) is 3.10. The van der Waals surface area contributed by atoms with Crippen LogP contribution in [-0.2, 0) is 11.2 Å². The molecule has 1 unspecified atom stereocenters. The van der Waals surface area contributed by atoms with Crippen LogP contribution in [0.4, 0.5) is 0 Å². The molecule has 1 aromatic heterocycles. The van der Waals surface area contributed by atoms with Gasteiger partial charge in [0.2, 0.25) is 0 Å². The Bertz CT molecular complexity index is 559. The number of carboxylic acids is 1. The van der Waals surface area contributed by atoms with Gasteiger partial charge >= 0.3 is 5.97 Å². The third-order valence-electron chi connectivity index (χ3n) is 3.38. The molecule has 1 atom stereocenters. The SMILES string of the molecule is Cc1c(C(=O)NC(C)C(=O)O)[nH]c2c1C(=O)CCC2. The molecule has 0 fully saturated rings. The molecule has 1 aliphatic carbocycles. The first-order valence-electron chi connectivity index (χ1n) is 6.20. The Kier molecular flexibility index (Phi) is 3.42. The van der Waals surface area contributed by atoms with Crippen molar-refractivity contribution in [3.8, 4) is 0 Å². The summed E-state index contributed by atoms with van der Waals surface area (Å²) in [5.74, 6) is -1.55. The zero-order valence-electron chi connectivity index (χ0n) is 10.9. The number of hydrogen-bond acceptors (Lipinski definition) is 3. The lowest BCUT2D eigenvalue weighted by molar-refractivity contribution is -0.138. The van der Waals surface area contributed by atoms with Crippen LogP contribution in [0.3, 0.4) is 0 Å². The van der Waals surface area contributed by atoms with Crippen molar-refractivity contribution in [1.82, 2.24) is 10.3 Å². The van der Waals surface area contributed by atoms with Gasteiger partial charge in [-0.15, -0.1) is 0 Å². The van der Waals surface area contributed by atoms with E-state index in [-0.39, 0.29) is 11.5 Å². The molecule has 0 bridgehead atoms. The molecule has 1 aliphatic rings. The number of rotatable bonds is 3. The van der Waals surface area contributed by atoms with E-state index in [1.54, 1.807) is 6.92 Å². The van der Waals surface area contributed by atoms with Gasteiger partial charge in [0.05, 0.1) is 0 Å². The minimum atomic E-state index is -1.10. The first kappa shape index (κ1) is 13.3. The summed E-state index contributed by atoms with van der Waals surface area (Å²) in [7, 11) is 0. The molecule has 0 spiro atoms. The summed E-state index contributed by atoms with van der Waals surface area (Å²) in [4.78, 5) is 37.5. The molecule has 0 aliphatic heterocycles. The number of aromatic amines is 1. The summed E-state index contributed by atoms with van der Waals surface area (Å²) >= 11 is 0. The second-order valence-electron chi connectivity index (χ2n) is 4.79. The number of carbonyl (C=O) groups excluding carboxylic acids is 2. The molecule has 0 aromatic carbocycles. The first-order chi connectivity index (χ1) is 8.91. The summed E-state index contributed by atoms with van der Waals surface area (Å²) in [6.07, 6.45) is 2.01. The number of aromatic nitrogens is 1. The number of amides is 1. The van der Waals surface area contributed by atoms with Crippen molar-refractivity contribution in [3.63, 3.8) is 0 Å². The maximum Gasteiger partial charge on any atom is 0.325 e. The molecule has 1 heterocycles. The molecule has 6 heteroatoms. The Hall–Kier alpha value is -2.11. The molecule has 102 valence electrons. The van der Waals surface area contributed by atoms with Crippen molar-refractivity contribution in [2.75, 3.05) is 0 Å². The fourth-order valence-corrected chi connectivity index (χ4v) is 2.33. The van der Waals surface area contributed by atoms with Gasteiger partial charge in [0, 0.05) is 17.7 Å². The number of hydrogen-bond donors (Lipinski definition) is 3. The maximum atomic E-state index is 12.0. The van der Waals surface area contributed by atoms with Crippen LogP contribution in [0.25, 0.3) is 0 Å². The number of fused-ring (bicyclic) bond motifs is 1. The smallest absolute Gasteiger partial charge is 0.325 e. The van der Waals surface area contributed by atoms with Gasteiger partial charge < -0.3 is 15.4 Å². The van der Waals surface area contributed by atoms with Crippen LogP contribution in [0, 0.1) is 6.92 Å². The van der Waals surface area contributed by atoms with Gasteiger partial charge in [-0.3, -0.25) is 14.4 Å². The van der Waals surface area contributed by atoms with E-state index >= 15 is 0 Å². The van der Waals surface area contributed by atoms with Gasteiger partial charge in [0.15, 0.2) is 5.78 Å². The van der Waals surface area contributed by atoms with E-state index in [0.717, 1.165) is 18.5 Å². The summed E-state index contributed by atoms with van der Waals surface area (Å²) in [5.41, 5.74) is 2.27. The number of Topliss-reactive ketones (excluding diaryl/α,β-unsaturated/α-hetero) is 1. The molecular formula is C13H16N2O4. The van der Waals surface area contributed by atoms with Gasteiger partial charge in [-0.1, -0.05) is 0 Å². The summed E-state index contributed by atoms with van der Waals surface area (Å²) in [5, 5.41) is 11.2. The molecule has 2 rings (SSSR count). The maximum absolute atomic E-state index is 12.0. The van der Waals surface area contributed by atoms with Crippen molar-refractivity contribution >= 4 is 17.7 Å². The van der Waals surface area contributed by atoms with Crippen LogP contribution in [0.5, 0.6) is 0 Å². The molecule has 6 nitrogen and oxygen atoms in total. The first-order valence-corrected chi connectivity index (χ1v) is 6.20. The van der Waals surface area contributed by atoms with E-state index in [1.165, 1.54) is 6.92 Å². The Morgan fingerprint density at radius 2 is 2.05 bits per heavy atom. The number of carboxylic acid groups (broad SMARTS) is 1. The van der Waals surface area contributed by atoms with Crippen LogP contribution < -0.4 is 5.32 Å². The van der Waals surface area contributed by atoms with E-state index in [9.17, 15) is 14.4 Å². The number of nitrogens with one attached hydrogen (secondary N) is 2. The molecule has 0 radical (unpaired) electrons. The van der Waals surface area contributed by atoms with Crippen molar-refractivity contribution in [3.05, 3.63) is 22.5 Å². The lowest BCUT2D eigenvalue weighted by atomic mass is 9.94. The van der Waals surface area contributed by atoms with Gasteiger partial charge in [-0.2, -0.15) is 0 Å². The zero-order valence-corrected chi connectivity index (χ0v) is 10.9. The monoisotopic (exact) mass is 264 g/mol. The van der Waals surface area contributed by atoms with Gasteiger partial charge in [0.1, 0.15) is 11.7 Å². The highest BCUT2D eigenvalue weighted by Gasteiger charge is 2.27. The largest absolute Gasteiger partial charge is 0.480 e. The van der Waals surface area contributed by atoms with Crippen LogP contribution in [0.2, 0.25) is 0 Å². The predicted molar refractivity (Wildman–Crippen MR) is 67.4 cm³/mol. The van der Waals surface area contributed by atoms with Crippen molar-refractivity contribution in [2.45, 2.75) is 39.2 Å². The van der Waals surface area contributed by atoms with Crippen LogP contribution in [-0.4, -0.2) is 33.8 Å². The van der Waals surface area contributed by atoms with E-state index in [0.29, 0.717) is 17.5 Å². The van der Waals surface area contributed by atoms with Crippen molar-refractivity contribution < 1.29 is 19.5 Å². The predicted octanol–water partition coefficient (Wildman–Crippen LogP) is 1.05. The molecule has 0 saturated heterocycles. The highest BCUT2D eigenvalue weighted by molar-refractivity contribution is 6.04. The minimum absolute atomic E-state index is 0.0420. The topological polar surface area (TPSA) is 99.3 Å².